The fourth-order valence-corrected chi connectivity index (χ4v) is 1.85. The van der Waals surface area contributed by atoms with Crippen molar-refractivity contribution in [1.82, 2.24) is 9.55 Å². The van der Waals surface area contributed by atoms with E-state index in [0.717, 1.165) is 12.3 Å². The molecular weight excluding hydrogens is 248 g/mol. The number of allylic oxidation sites excluding steroid dienone is 1. The summed E-state index contributed by atoms with van der Waals surface area (Å²) in [5.74, 6) is 0.908. The average molecular weight is 270 g/mol. The van der Waals surface area contributed by atoms with Gasteiger partial charge >= 0.3 is 0 Å². The van der Waals surface area contributed by atoms with E-state index < -0.39 is 0 Å². The predicted molar refractivity (Wildman–Crippen MR) is 82.0 cm³/mol. The minimum Gasteiger partial charge on any atom is -0.490 e. The molecule has 3 nitrogen and oxygen atoms in total. The minimum atomic E-state index is 0.184. The molecule has 0 aliphatic rings. The summed E-state index contributed by atoms with van der Waals surface area (Å²) in [4.78, 5) is 3.99. The third kappa shape index (κ3) is 4.26. The Morgan fingerprint density at radius 1 is 1.15 bits per heavy atom. The van der Waals surface area contributed by atoms with Crippen LogP contribution in [0.3, 0.4) is 0 Å². The molecule has 2 aromatic rings. The van der Waals surface area contributed by atoms with E-state index in [-0.39, 0.29) is 5.41 Å². The van der Waals surface area contributed by atoms with Gasteiger partial charge in [0, 0.05) is 18.9 Å². The zero-order valence-electron chi connectivity index (χ0n) is 12.4. The normalized spacial score (nSPS) is 11.9. The highest BCUT2D eigenvalue weighted by atomic mass is 16.5. The first-order chi connectivity index (χ1) is 9.55. The fraction of sp³-hybridized carbons (Fsp3) is 0.353. The summed E-state index contributed by atoms with van der Waals surface area (Å²) in [7, 11) is 0. The van der Waals surface area contributed by atoms with Gasteiger partial charge < -0.3 is 9.30 Å². The summed E-state index contributed by atoms with van der Waals surface area (Å²) in [6.45, 7) is 8.04. The molecule has 3 heteroatoms. The van der Waals surface area contributed by atoms with Crippen molar-refractivity contribution in [3.63, 3.8) is 0 Å². The van der Waals surface area contributed by atoms with Crippen molar-refractivity contribution < 1.29 is 4.74 Å². The summed E-state index contributed by atoms with van der Waals surface area (Å²) in [6, 6.07) is 8.32. The number of nitrogens with zero attached hydrogens (tertiary/aromatic N) is 2. The largest absolute Gasteiger partial charge is 0.490 e. The molecule has 1 heterocycles. The number of hydrogen-bond donors (Lipinski definition) is 0. The van der Waals surface area contributed by atoms with Crippen LogP contribution in [0.4, 0.5) is 0 Å². The summed E-state index contributed by atoms with van der Waals surface area (Å²) in [5.41, 5.74) is 1.50. The summed E-state index contributed by atoms with van der Waals surface area (Å²) < 4.78 is 7.69. The molecule has 0 saturated heterocycles. The Bertz CT molecular complexity index is 533. The summed E-state index contributed by atoms with van der Waals surface area (Å²) in [5, 5.41) is 0. The summed E-state index contributed by atoms with van der Waals surface area (Å²) in [6.07, 6.45) is 9.62. The van der Waals surface area contributed by atoms with Crippen molar-refractivity contribution in [2.45, 2.75) is 32.7 Å². The molecule has 2 rings (SSSR count). The molecule has 0 fully saturated rings. The number of imidazole rings is 1. The lowest BCUT2D eigenvalue weighted by atomic mass is 9.87. The Labute approximate surface area is 120 Å². The number of rotatable bonds is 5. The van der Waals surface area contributed by atoms with Crippen LogP contribution in [0.5, 0.6) is 5.75 Å². The van der Waals surface area contributed by atoms with E-state index in [9.17, 15) is 0 Å². The van der Waals surface area contributed by atoms with Gasteiger partial charge in [-0.15, -0.1) is 0 Å². The molecule has 1 aromatic heterocycles. The molecule has 0 saturated carbocycles. The van der Waals surface area contributed by atoms with Crippen LogP contribution in [0.1, 0.15) is 26.3 Å². The van der Waals surface area contributed by atoms with Gasteiger partial charge in [-0.2, -0.15) is 0 Å². The SMILES string of the molecule is CC(C)(C)c1ccc(OCC=CCn2ccnc2)cc1. The van der Waals surface area contributed by atoms with Crippen molar-refractivity contribution in [3.05, 3.63) is 60.7 Å². The van der Waals surface area contributed by atoms with E-state index in [1.807, 2.05) is 29.0 Å². The second kappa shape index (κ2) is 6.42. The van der Waals surface area contributed by atoms with Crippen LogP contribution < -0.4 is 4.74 Å². The molecule has 20 heavy (non-hydrogen) atoms. The number of hydrogen-bond acceptors (Lipinski definition) is 2. The molecule has 0 aliphatic carbocycles. The Morgan fingerprint density at radius 3 is 2.50 bits per heavy atom. The topological polar surface area (TPSA) is 27.1 Å². The molecule has 0 N–H and O–H groups in total. The van der Waals surface area contributed by atoms with Crippen molar-refractivity contribution in [2.75, 3.05) is 6.61 Å². The predicted octanol–water partition coefficient (Wildman–Crippen LogP) is 3.82. The lowest BCUT2D eigenvalue weighted by Crippen LogP contribution is -2.10. The first kappa shape index (κ1) is 14.4. The van der Waals surface area contributed by atoms with Gasteiger partial charge in [0.2, 0.25) is 0 Å². The van der Waals surface area contributed by atoms with Gasteiger partial charge in [-0.05, 0) is 29.2 Å². The van der Waals surface area contributed by atoms with Crippen molar-refractivity contribution in [2.24, 2.45) is 0 Å². The van der Waals surface area contributed by atoms with E-state index in [4.69, 9.17) is 4.74 Å². The lowest BCUT2D eigenvalue weighted by Gasteiger charge is -2.19. The molecule has 0 spiro atoms. The van der Waals surface area contributed by atoms with Crippen molar-refractivity contribution in [3.8, 4) is 5.75 Å². The van der Waals surface area contributed by atoms with Crippen LogP contribution in [0.15, 0.2) is 55.1 Å². The third-order valence-electron chi connectivity index (χ3n) is 3.11. The molecule has 1 aromatic carbocycles. The van der Waals surface area contributed by atoms with Gasteiger partial charge in [0.15, 0.2) is 0 Å². The maximum atomic E-state index is 5.68. The number of benzene rings is 1. The molecular formula is C17H22N2O. The molecule has 0 unspecified atom stereocenters. The molecule has 0 aliphatic heterocycles. The quantitative estimate of drug-likeness (QED) is 0.772. The van der Waals surface area contributed by atoms with E-state index in [1.165, 1.54) is 5.56 Å². The minimum absolute atomic E-state index is 0.184. The van der Waals surface area contributed by atoms with Gasteiger partial charge in [0.05, 0.1) is 6.33 Å². The molecule has 0 radical (unpaired) electrons. The van der Waals surface area contributed by atoms with E-state index >= 15 is 0 Å². The van der Waals surface area contributed by atoms with E-state index in [2.05, 4.69) is 44.0 Å². The maximum absolute atomic E-state index is 5.68. The standard InChI is InChI=1S/C17H22N2O/c1-17(2,3)15-6-8-16(9-7-15)20-13-5-4-11-19-12-10-18-14-19/h4-10,12,14H,11,13H2,1-3H3. The third-order valence-corrected chi connectivity index (χ3v) is 3.11. The zero-order chi connectivity index (χ0) is 14.4. The molecule has 106 valence electrons. The van der Waals surface area contributed by atoms with Crippen LogP contribution in [0.2, 0.25) is 0 Å². The highest BCUT2D eigenvalue weighted by Crippen LogP contribution is 2.24. The van der Waals surface area contributed by atoms with Crippen LogP contribution in [0.25, 0.3) is 0 Å². The maximum Gasteiger partial charge on any atom is 0.119 e. The van der Waals surface area contributed by atoms with Crippen LogP contribution in [-0.2, 0) is 12.0 Å². The first-order valence-electron chi connectivity index (χ1n) is 6.90. The van der Waals surface area contributed by atoms with Gasteiger partial charge in [0.1, 0.15) is 12.4 Å². The highest BCUT2D eigenvalue weighted by molar-refractivity contribution is 5.31. The molecule has 0 atom stereocenters. The second-order valence-corrected chi connectivity index (χ2v) is 5.82. The van der Waals surface area contributed by atoms with Crippen molar-refractivity contribution >= 4 is 0 Å². The number of ether oxygens (including phenoxy) is 1. The lowest BCUT2D eigenvalue weighted by molar-refractivity contribution is 0.362. The Balaban J connectivity index is 1.78. The fourth-order valence-electron chi connectivity index (χ4n) is 1.85. The van der Waals surface area contributed by atoms with Gasteiger partial charge in [0.25, 0.3) is 0 Å². The monoisotopic (exact) mass is 270 g/mol. The second-order valence-electron chi connectivity index (χ2n) is 5.82. The number of aromatic nitrogens is 2. The van der Waals surface area contributed by atoms with Crippen molar-refractivity contribution in [1.29, 1.82) is 0 Å². The van der Waals surface area contributed by atoms with Gasteiger partial charge in [-0.25, -0.2) is 4.98 Å². The van der Waals surface area contributed by atoms with E-state index in [1.54, 1.807) is 12.5 Å². The van der Waals surface area contributed by atoms with Crippen LogP contribution in [0, 0.1) is 0 Å². The average Bonchev–Trinajstić information content (AvgIpc) is 2.91. The Hall–Kier alpha value is -2.03. The Kier molecular flexibility index (Phi) is 4.61. The summed E-state index contributed by atoms with van der Waals surface area (Å²) >= 11 is 0. The molecule has 0 bridgehead atoms. The van der Waals surface area contributed by atoms with Crippen LogP contribution in [-0.4, -0.2) is 16.2 Å². The van der Waals surface area contributed by atoms with E-state index in [0.29, 0.717) is 6.61 Å². The zero-order valence-corrected chi connectivity index (χ0v) is 12.4. The molecule has 0 amide bonds. The first-order valence-corrected chi connectivity index (χ1v) is 6.90. The highest BCUT2D eigenvalue weighted by Gasteiger charge is 2.12. The van der Waals surface area contributed by atoms with Gasteiger partial charge in [-0.1, -0.05) is 39.0 Å². The van der Waals surface area contributed by atoms with Crippen LogP contribution >= 0.6 is 0 Å². The van der Waals surface area contributed by atoms with Gasteiger partial charge in [-0.3, -0.25) is 0 Å². The smallest absolute Gasteiger partial charge is 0.119 e. The Morgan fingerprint density at radius 2 is 1.90 bits per heavy atom.